The van der Waals surface area contributed by atoms with E-state index in [1.54, 1.807) is 0 Å². The number of hydrogen-bond acceptors (Lipinski definition) is 2. The highest BCUT2D eigenvalue weighted by molar-refractivity contribution is 5.74. The van der Waals surface area contributed by atoms with Gasteiger partial charge in [-0.25, -0.2) is 4.98 Å². The van der Waals surface area contributed by atoms with Crippen molar-refractivity contribution < 1.29 is 0 Å². The summed E-state index contributed by atoms with van der Waals surface area (Å²) in [5, 5.41) is 0. The number of benzene rings is 1. The maximum Gasteiger partial charge on any atom is 0.107 e. The SMILES string of the molecule is CC(N)CCc1nc2ccccc2[nH]1. The predicted molar refractivity (Wildman–Crippen MR) is 58.1 cm³/mol. The highest BCUT2D eigenvalue weighted by Crippen LogP contribution is 2.11. The normalized spacial score (nSPS) is 13.3. The summed E-state index contributed by atoms with van der Waals surface area (Å²) in [5.41, 5.74) is 7.83. The number of aryl methyl sites for hydroxylation is 1. The van der Waals surface area contributed by atoms with Crippen molar-refractivity contribution >= 4 is 11.0 Å². The van der Waals surface area contributed by atoms with E-state index in [1.807, 2.05) is 31.2 Å². The van der Waals surface area contributed by atoms with Gasteiger partial charge in [0, 0.05) is 12.5 Å². The molecule has 1 aromatic heterocycles. The molecule has 74 valence electrons. The van der Waals surface area contributed by atoms with Gasteiger partial charge in [-0.1, -0.05) is 12.1 Å². The summed E-state index contributed by atoms with van der Waals surface area (Å²) < 4.78 is 0. The van der Waals surface area contributed by atoms with Crippen molar-refractivity contribution in [1.29, 1.82) is 0 Å². The zero-order chi connectivity index (χ0) is 9.97. The molecule has 1 atom stereocenters. The molecule has 0 aliphatic carbocycles. The predicted octanol–water partition coefficient (Wildman–Crippen LogP) is 1.84. The molecule has 0 aliphatic heterocycles. The minimum atomic E-state index is 0.239. The van der Waals surface area contributed by atoms with Crippen LogP contribution in [-0.4, -0.2) is 16.0 Å². The fourth-order valence-electron chi connectivity index (χ4n) is 1.49. The molecule has 0 fully saturated rings. The van der Waals surface area contributed by atoms with Gasteiger partial charge in [0.2, 0.25) is 0 Å². The van der Waals surface area contributed by atoms with Crippen LogP contribution in [0.15, 0.2) is 24.3 Å². The van der Waals surface area contributed by atoms with E-state index in [-0.39, 0.29) is 6.04 Å². The molecule has 14 heavy (non-hydrogen) atoms. The van der Waals surface area contributed by atoms with Crippen molar-refractivity contribution in [3.63, 3.8) is 0 Å². The summed E-state index contributed by atoms with van der Waals surface area (Å²) in [6.45, 7) is 2.02. The molecular weight excluding hydrogens is 174 g/mol. The Morgan fingerprint density at radius 2 is 2.21 bits per heavy atom. The highest BCUT2D eigenvalue weighted by Gasteiger charge is 2.02. The summed E-state index contributed by atoms with van der Waals surface area (Å²) in [6.07, 6.45) is 1.90. The van der Waals surface area contributed by atoms with Gasteiger partial charge < -0.3 is 10.7 Å². The second kappa shape index (κ2) is 3.80. The Kier molecular flexibility index (Phi) is 2.50. The van der Waals surface area contributed by atoms with Crippen LogP contribution >= 0.6 is 0 Å². The van der Waals surface area contributed by atoms with Gasteiger partial charge in [-0.3, -0.25) is 0 Å². The highest BCUT2D eigenvalue weighted by atomic mass is 14.9. The first-order valence-electron chi connectivity index (χ1n) is 4.95. The summed E-state index contributed by atoms with van der Waals surface area (Å²) in [5.74, 6) is 1.03. The van der Waals surface area contributed by atoms with Crippen LogP contribution in [0.3, 0.4) is 0 Å². The first kappa shape index (κ1) is 9.21. The lowest BCUT2D eigenvalue weighted by Crippen LogP contribution is -2.15. The summed E-state index contributed by atoms with van der Waals surface area (Å²) in [6, 6.07) is 8.30. The number of nitrogens with one attached hydrogen (secondary N) is 1. The standard InChI is InChI=1S/C11H15N3/c1-8(12)6-7-11-13-9-4-2-3-5-10(9)14-11/h2-5,8H,6-7,12H2,1H3,(H,13,14). The van der Waals surface area contributed by atoms with E-state index in [0.717, 1.165) is 29.7 Å². The molecule has 0 aliphatic rings. The van der Waals surface area contributed by atoms with Crippen molar-refractivity contribution in [2.75, 3.05) is 0 Å². The maximum atomic E-state index is 5.69. The van der Waals surface area contributed by atoms with Gasteiger partial charge in [0.1, 0.15) is 5.82 Å². The molecule has 0 saturated carbocycles. The van der Waals surface area contributed by atoms with Crippen LogP contribution in [0, 0.1) is 0 Å². The van der Waals surface area contributed by atoms with E-state index >= 15 is 0 Å². The lowest BCUT2D eigenvalue weighted by molar-refractivity contribution is 0.652. The number of nitrogens with zero attached hydrogens (tertiary/aromatic N) is 1. The molecule has 2 aromatic rings. The van der Waals surface area contributed by atoms with E-state index < -0.39 is 0 Å². The third-order valence-electron chi connectivity index (χ3n) is 2.27. The minimum absolute atomic E-state index is 0.239. The van der Waals surface area contributed by atoms with E-state index in [9.17, 15) is 0 Å². The smallest absolute Gasteiger partial charge is 0.107 e. The Balaban J connectivity index is 2.19. The number of rotatable bonds is 3. The molecule has 2 rings (SSSR count). The van der Waals surface area contributed by atoms with Crippen LogP contribution in [0.5, 0.6) is 0 Å². The van der Waals surface area contributed by atoms with Gasteiger partial charge in [-0.2, -0.15) is 0 Å². The van der Waals surface area contributed by atoms with Gasteiger partial charge in [-0.15, -0.1) is 0 Å². The van der Waals surface area contributed by atoms with Gasteiger partial charge in [-0.05, 0) is 25.5 Å². The van der Waals surface area contributed by atoms with Crippen molar-refractivity contribution in [2.45, 2.75) is 25.8 Å². The van der Waals surface area contributed by atoms with Crippen LogP contribution in [0.25, 0.3) is 11.0 Å². The van der Waals surface area contributed by atoms with E-state index in [0.29, 0.717) is 0 Å². The molecule has 3 heteroatoms. The first-order valence-corrected chi connectivity index (χ1v) is 4.95. The average molecular weight is 189 g/mol. The molecule has 0 saturated heterocycles. The summed E-state index contributed by atoms with van der Waals surface area (Å²) in [7, 11) is 0. The quantitative estimate of drug-likeness (QED) is 0.774. The molecule has 1 unspecified atom stereocenters. The Morgan fingerprint density at radius 1 is 1.43 bits per heavy atom. The van der Waals surface area contributed by atoms with Gasteiger partial charge in [0.25, 0.3) is 0 Å². The Hall–Kier alpha value is -1.35. The van der Waals surface area contributed by atoms with Crippen LogP contribution in [0.1, 0.15) is 19.2 Å². The Bertz CT molecular complexity index is 384. The van der Waals surface area contributed by atoms with Crippen LogP contribution < -0.4 is 5.73 Å². The van der Waals surface area contributed by atoms with E-state index in [2.05, 4.69) is 9.97 Å². The monoisotopic (exact) mass is 189 g/mol. The van der Waals surface area contributed by atoms with Gasteiger partial charge >= 0.3 is 0 Å². The number of para-hydroxylation sites is 2. The zero-order valence-electron chi connectivity index (χ0n) is 8.33. The fraction of sp³-hybridized carbons (Fsp3) is 0.364. The largest absolute Gasteiger partial charge is 0.342 e. The van der Waals surface area contributed by atoms with Crippen molar-refractivity contribution in [3.05, 3.63) is 30.1 Å². The molecule has 0 amide bonds. The number of imidazole rings is 1. The number of aromatic amines is 1. The lowest BCUT2D eigenvalue weighted by atomic mass is 10.2. The van der Waals surface area contributed by atoms with Gasteiger partial charge in [0.15, 0.2) is 0 Å². The molecule has 0 bridgehead atoms. The second-order valence-electron chi connectivity index (χ2n) is 3.72. The number of fused-ring (bicyclic) bond motifs is 1. The van der Waals surface area contributed by atoms with E-state index in [4.69, 9.17) is 5.73 Å². The number of aromatic nitrogens is 2. The zero-order valence-corrected chi connectivity index (χ0v) is 8.33. The van der Waals surface area contributed by atoms with Crippen LogP contribution in [0.2, 0.25) is 0 Å². The van der Waals surface area contributed by atoms with Crippen LogP contribution in [-0.2, 0) is 6.42 Å². The molecule has 0 spiro atoms. The van der Waals surface area contributed by atoms with Crippen molar-refractivity contribution in [1.82, 2.24) is 9.97 Å². The molecular formula is C11H15N3. The lowest BCUT2D eigenvalue weighted by Gasteiger charge is -2.00. The molecule has 1 aromatic carbocycles. The maximum absolute atomic E-state index is 5.69. The Labute approximate surface area is 83.3 Å². The van der Waals surface area contributed by atoms with E-state index in [1.165, 1.54) is 0 Å². The second-order valence-corrected chi connectivity index (χ2v) is 3.72. The third-order valence-corrected chi connectivity index (χ3v) is 2.27. The number of nitrogens with two attached hydrogens (primary N) is 1. The number of hydrogen-bond donors (Lipinski definition) is 2. The summed E-state index contributed by atoms with van der Waals surface area (Å²) in [4.78, 5) is 7.76. The number of H-pyrrole nitrogens is 1. The Morgan fingerprint density at radius 3 is 2.93 bits per heavy atom. The fourth-order valence-corrected chi connectivity index (χ4v) is 1.49. The first-order chi connectivity index (χ1) is 6.75. The van der Waals surface area contributed by atoms with Crippen molar-refractivity contribution in [2.24, 2.45) is 5.73 Å². The molecule has 3 N–H and O–H groups in total. The molecule has 3 nitrogen and oxygen atoms in total. The average Bonchev–Trinajstić information content (AvgIpc) is 2.57. The van der Waals surface area contributed by atoms with Crippen LogP contribution in [0.4, 0.5) is 0 Å². The molecule has 1 heterocycles. The molecule has 0 radical (unpaired) electrons. The summed E-state index contributed by atoms with van der Waals surface area (Å²) >= 11 is 0. The minimum Gasteiger partial charge on any atom is -0.342 e. The third kappa shape index (κ3) is 1.93. The van der Waals surface area contributed by atoms with Crippen molar-refractivity contribution in [3.8, 4) is 0 Å². The van der Waals surface area contributed by atoms with Gasteiger partial charge in [0.05, 0.1) is 11.0 Å². The topological polar surface area (TPSA) is 54.7 Å².